The molecule has 0 N–H and O–H groups in total. The first-order valence-corrected chi connectivity index (χ1v) is 4.64. The average Bonchev–Trinajstić information content (AvgIpc) is 2.24. The molecule has 15 heavy (non-hydrogen) atoms. The van der Waals surface area contributed by atoms with Gasteiger partial charge in [0.25, 0.3) is 0 Å². The molecule has 0 fully saturated rings. The molecule has 0 aliphatic rings. The highest BCUT2D eigenvalue weighted by Gasteiger charge is 2.03. The summed E-state index contributed by atoms with van der Waals surface area (Å²) in [7, 11) is 1.53. The number of hydrogen-bond donors (Lipinski definition) is 0. The molecule has 0 bridgehead atoms. The van der Waals surface area contributed by atoms with Gasteiger partial charge in [-0.15, -0.1) is 0 Å². The van der Waals surface area contributed by atoms with E-state index in [9.17, 15) is 9.59 Å². The zero-order chi connectivity index (χ0) is 11.5. The maximum absolute atomic E-state index is 11.0. The fourth-order valence-corrected chi connectivity index (χ4v) is 0.759. The molecule has 0 spiro atoms. The van der Waals surface area contributed by atoms with E-state index >= 15 is 0 Å². The maximum Gasteiger partial charge on any atom is 0.330 e. The molecule has 0 rings (SSSR count). The van der Waals surface area contributed by atoms with E-state index in [-0.39, 0.29) is 25.6 Å². The monoisotopic (exact) mass is 216 g/mol. The molecule has 0 atom stereocenters. The van der Waals surface area contributed by atoms with Gasteiger partial charge in [-0.2, -0.15) is 0 Å². The van der Waals surface area contributed by atoms with Crippen molar-refractivity contribution in [2.24, 2.45) is 0 Å². The van der Waals surface area contributed by atoms with Crippen molar-refractivity contribution in [1.29, 1.82) is 0 Å². The van der Waals surface area contributed by atoms with Gasteiger partial charge in [0.05, 0.1) is 13.2 Å². The molecule has 0 saturated heterocycles. The molecule has 0 aromatic carbocycles. The van der Waals surface area contributed by atoms with E-state index in [0.29, 0.717) is 13.0 Å². The van der Waals surface area contributed by atoms with E-state index in [1.54, 1.807) is 0 Å². The van der Waals surface area contributed by atoms with E-state index in [0.717, 1.165) is 6.08 Å². The lowest BCUT2D eigenvalue weighted by Gasteiger charge is -2.04. The van der Waals surface area contributed by atoms with Crippen molar-refractivity contribution in [2.45, 2.75) is 12.8 Å². The topological polar surface area (TPSA) is 61.8 Å². The molecule has 0 aliphatic heterocycles. The van der Waals surface area contributed by atoms with Crippen LogP contribution in [-0.2, 0) is 23.8 Å². The summed E-state index contributed by atoms with van der Waals surface area (Å²) >= 11 is 0. The normalized spacial score (nSPS) is 9.40. The van der Waals surface area contributed by atoms with Gasteiger partial charge in [-0.3, -0.25) is 4.79 Å². The van der Waals surface area contributed by atoms with Gasteiger partial charge in [0, 0.05) is 19.6 Å². The summed E-state index contributed by atoms with van der Waals surface area (Å²) in [5.74, 6) is -0.801. The van der Waals surface area contributed by atoms with E-state index in [1.807, 2.05) is 0 Å². The van der Waals surface area contributed by atoms with Crippen LogP contribution in [0.3, 0.4) is 0 Å². The molecule has 5 heteroatoms. The third kappa shape index (κ3) is 8.96. The summed E-state index contributed by atoms with van der Waals surface area (Å²) in [6.45, 7) is 4.08. The van der Waals surface area contributed by atoms with Crippen LogP contribution in [0.2, 0.25) is 0 Å². The maximum atomic E-state index is 11.0. The Morgan fingerprint density at radius 3 is 2.53 bits per heavy atom. The van der Waals surface area contributed by atoms with Crippen LogP contribution < -0.4 is 0 Å². The SMILES string of the molecule is C=CC(=O)OCCCC(=O)OCCOC. The first-order valence-electron chi connectivity index (χ1n) is 4.64. The summed E-state index contributed by atoms with van der Waals surface area (Å²) in [5, 5.41) is 0. The van der Waals surface area contributed by atoms with E-state index in [2.05, 4.69) is 11.3 Å². The molecule has 0 aromatic heterocycles. The fraction of sp³-hybridized carbons (Fsp3) is 0.600. The molecule has 0 radical (unpaired) electrons. The average molecular weight is 216 g/mol. The predicted octanol–water partition coefficient (Wildman–Crippen LogP) is 0.685. The Kier molecular flexibility index (Phi) is 8.37. The molecule has 0 unspecified atom stereocenters. The quantitative estimate of drug-likeness (QED) is 0.339. The third-order valence-corrected chi connectivity index (χ3v) is 1.49. The first-order chi connectivity index (χ1) is 7.20. The lowest BCUT2D eigenvalue weighted by Crippen LogP contribution is -2.11. The molecular weight excluding hydrogens is 200 g/mol. The molecule has 0 aliphatic carbocycles. The minimum Gasteiger partial charge on any atom is -0.463 e. The minimum atomic E-state index is -0.484. The first kappa shape index (κ1) is 13.6. The summed E-state index contributed by atoms with van der Waals surface area (Å²) in [6.07, 6.45) is 1.76. The summed E-state index contributed by atoms with van der Waals surface area (Å²) in [5.41, 5.74) is 0. The van der Waals surface area contributed by atoms with Crippen LogP contribution in [0, 0.1) is 0 Å². The highest BCUT2D eigenvalue weighted by atomic mass is 16.6. The minimum absolute atomic E-state index is 0.199. The highest BCUT2D eigenvalue weighted by Crippen LogP contribution is 1.94. The van der Waals surface area contributed by atoms with Crippen molar-refractivity contribution in [2.75, 3.05) is 26.9 Å². The molecule has 86 valence electrons. The fourth-order valence-electron chi connectivity index (χ4n) is 0.759. The van der Waals surface area contributed by atoms with Crippen LogP contribution in [0.25, 0.3) is 0 Å². The Morgan fingerprint density at radius 2 is 1.93 bits per heavy atom. The zero-order valence-corrected chi connectivity index (χ0v) is 8.86. The molecule has 0 amide bonds. The van der Waals surface area contributed by atoms with Gasteiger partial charge in [0.2, 0.25) is 0 Å². The molecule has 0 heterocycles. The third-order valence-electron chi connectivity index (χ3n) is 1.49. The van der Waals surface area contributed by atoms with Gasteiger partial charge in [0.1, 0.15) is 6.61 Å². The summed E-state index contributed by atoms with van der Waals surface area (Å²) in [6, 6.07) is 0. The Bertz CT molecular complexity index is 212. The lowest BCUT2D eigenvalue weighted by atomic mass is 10.3. The zero-order valence-electron chi connectivity index (χ0n) is 8.86. The van der Waals surface area contributed by atoms with Gasteiger partial charge in [-0.05, 0) is 6.42 Å². The number of carbonyl (C=O) groups excluding carboxylic acids is 2. The number of carbonyl (C=O) groups is 2. The van der Waals surface area contributed by atoms with Crippen molar-refractivity contribution < 1.29 is 23.8 Å². The van der Waals surface area contributed by atoms with Crippen molar-refractivity contribution >= 4 is 11.9 Å². The number of rotatable bonds is 8. The smallest absolute Gasteiger partial charge is 0.330 e. The number of ether oxygens (including phenoxy) is 3. The van der Waals surface area contributed by atoms with Crippen LogP contribution in [0.4, 0.5) is 0 Å². The van der Waals surface area contributed by atoms with Crippen molar-refractivity contribution in [3.8, 4) is 0 Å². The second-order valence-corrected chi connectivity index (χ2v) is 2.69. The van der Waals surface area contributed by atoms with Crippen LogP contribution >= 0.6 is 0 Å². The largest absolute Gasteiger partial charge is 0.463 e. The summed E-state index contributed by atoms with van der Waals surface area (Å²) in [4.78, 5) is 21.6. The van der Waals surface area contributed by atoms with Crippen LogP contribution in [0.5, 0.6) is 0 Å². The lowest BCUT2D eigenvalue weighted by molar-refractivity contribution is -0.146. The van der Waals surface area contributed by atoms with E-state index in [1.165, 1.54) is 7.11 Å². The van der Waals surface area contributed by atoms with Gasteiger partial charge in [-0.25, -0.2) is 4.79 Å². The molecule has 0 aromatic rings. The van der Waals surface area contributed by atoms with Crippen LogP contribution in [-0.4, -0.2) is 38.9 Å². The Hall–Kier alpha value is -1.36. The van der Waals surface area contributed by atoms with Gasteiger partial charge < -0.3 is 14.2 Å². The second-order valence-electron chi connectivity index (χ2n) is 2.69. The van der Waals surface area contributed by atoms with E-state index < -0.39 is 5.97 Å². The van der Waals surface area contributed by atoms with Crippen molar-refractivity contribution in [1.82, 2.24) is 0 Å². The number of hydrogen-bond acceptors (Lipinski definition) is 5. The van der Waals surface area contributed by atoms with Gasteiger partial charge in [-0.1, -0.05) is 6.58 Å². The Labute approximate surface area is 89.0 Å². The summed E-state index contributed by atoms with van der Waals surface area (Å²) < 4.78 is 14.2. The molecular formula is C10H16O5. The molecule has 5 nitrogen and oxygen atoms in total. The Morgan fingerprint density at radius 1 is 1.20 bits per heavy atom. The van der Waals surface area contributed by atoms with Crippen LogP contribution in [0.1, 0.15) is 12.8 Å². The highest BCUT2D eigenvalue weighted by molar-refractivity contribution is 5.81. The van der Waals surface area contributed by atoms with Gasteiger partial charge in [0.15, 0.2) is 0 Å². The van der Waals surface area contributed by atoms with Crippen LogP contribution in [0.15, 0.2) is 12.7 Å². The predicted molar refractivity (Wildman–Crippen MR) is 53.2 cm³/mol. The standard InChI is InChI=1S/C10H16O5/c1-3-9(11)14-6-4-5-10(12)15-8-7-13-2/h3H,1,4-8H2,2H3. The molecule has 0 saturated carbocycles. The number of esters is 2. The van der Waals surface area contributed by atoms with Crippen molar-refractivity contribution in [3.63, 3.8) is 0 Å². The second kappa shape index (κ2) is 9.21. The number of methoxy groups -OCH3 is 1. The Balaban J connectivity index is 3.31. The van der Waals surface area contributed by atoms with Crippen molar-refractivity contribution in [3.05, 3.63) is 12.7 Å². The van der Waals surface area contributed by atoms with E-state index in [4.69, 9.17) is 9.47 Å². The van der Waals surface area contributed by atoms with Gasteiger partial charge >= 0.3 is 11.9 Å².